The fraction of sp³-hybridized carbons (Fsp3) is 0.471. The maximum absolute atomic E-state index is 12.1. The molecule has 1 aliphatic rings. The van der Waals surface area contributed by atoms with Crippen LogP contribution in [0.3, 0.4) is 0 Å². The minimum atomic E-state index is -0.752. The van der Waals surface area contributed by atoms with Crippen LogP contribution < -0.4 is 5.32 Å². The van der Waals surface area contributed by atoms with E-state index < -0.39 is 17.6 Å². The number of carbonyl (C=O) groups excluding carboxylic acids is 2. The molecule has 1 amide bonds. The molecule has 1 aromatic carbocycles. The van der Waals surface area contributed by atoms with Gasteiger partial charge in [0.2, 0.25) is 0 Å². The van der Waals surface area contributed by atoms with E-state index in [9.17, 15) is 9.59 Å². The van der Waals surface area contributed by atoms with Crippen molar-refractivity contribution in [1.82, 2.24) is 25.5 Å². The number of hydrogen-bond acceptors (Lipinski definition) is 7. The Balaban J connectivity index is 2.10. The Labute approximate surface area is 150 Å². The second-order valence-electron chi connectivity index (χ2n) is 6.18. The number of tetrazole rings is 1. The lowest BCUT2D eigenvalue weighted by Gasteiger charge is -2.36. The van der Waals surface area contributed by atoms with Crippen molar-refractivity contribution < 1.29 is 19.1 Å². The van der Waals surface area contributed by atoms with Gasteiger partial charge in [0, 0.05) is 0 Å². The molecule has 0 atom stereocenters. The number of methoxy groups -OCH3 is 2. The summed E-state index contributed by atoms with van der Waals surface area (Å²) in [5, 5.41) is 15.0. The van der Waals surface area contributed by atoms with Gasteiger partial charge in [-0.2, -0.15) is 4.68 Å². The Kier molecular flexibility index (Phi) is 5.15. The number of nitrogens with zero attached hydrogens (tertiary/aromatic N) is 4. The summed E-state index contributed by atoms with van der Waals surface area (Å²) in [5.74, 6) is -0.0142. The number of rotatable bonds is 4. The first kappa shape index (κ1) is 17.8. The number of amides is 1. The summed E-state index contributed by atoms with van der Waals surface area (Å²) in [6, 6.07) is 6.91. The Morgan fingerprint density at radius 2 is 1.85 bits per heavy atom. The molecule has 9 nitrogen and oxygen atoms in total. The van der Waals surface area contributed by atoms with E-state index in [0.29, 0.717) is 29.9 Å². The number of esters is 1. The molecule has 1 N–H and O–H groups in total. The number of hydrogen-bond donors (Lipinski definition) is 1. The van der Waals surface area contributed by atoms with Crippen LogP contribution in [0.4, 0.5) is 4.79 Å². The highest BCUT2D eigenvalue weighted by atomic mass is 16.5. The van der Waals surface area contributed by atoms with Crippen molar-refractivity contribution in [3.63, 3.8) is 0 Å². The first-order valence-electron chi connectivity index (χ1n) is 8.44. The molecule has 138 valence electrons. The Morgan fingerprint density at radius 3 is 2.54 bits per heavy atom. The summed E-state index contributed by atoms with van der Waals surface area (Å²) in [6.07, 6.45) is 3.75. The van der Waals surface area contributed by atoms with E-state index in [0.717, 1.165) is 19.3 Å². The number of nitrogens with one attached hydrogen (secondary N) is 1. The van der Waals surface area contributed by atoms with Crippen molar-refractivity contribution in [1.29, 1.82) is 0 Å². The van der Waals surface area contributed by atoms with Crippen LogP contribution in [0.25, 0.3) is 5.69 Å². The van der Waals surface area contributed by atoms with Gasteiger partial charge in [0.25, 0.3) is 0 Å². The van der Waals surface area contributed by atoms with Crippen molar-refractivity contribution in [2.45, 2.75) is 37.6 Å². The van der Waals surface area contributed by atoms with Crippen LogP contribution in [0, 0.1) is 0 Å². The van der Waals surface area contributed by atoms with Crippen LogP contribution in [0.5, 0.6) is 0 Å². The Bertz CT molecular complexity index is 798. The van der Waals surface area contributed by atoms with E-state index in [-0.39, 0.29) is 0 Å². The van der Waals surface area contributed by atoms with Crippen molar-refractivity contribution in [3.8, 4) is 5.69 Å². The molecule has 0 aliphatic heterocycles. The lowest BCUT2D eigenvalue weighted by atomic mass is 9.81. The van der Waals surface area contributed by atoms with E-state index in [1.54, 1.807) is 24.3 Å². The molecule has 1 aliphatic carbocycles. The number of alkyl carbamates (subject to hydrolysis) is 1. The Morgan fingerprint density at radius 1 is 1.12 bits per heavy atom. The molecule has 3 rings (SSSR count). The normalized spacial score (nSPS) is 15.9. The lowest BCUT2D eigenvalue weighted by Crippen LogP contribution is -2.49. The molecular weight excluding hydrogens is 338 g/mol. The van der Waals surface area contributed by atoms with Crippen LogP contribution in [0.1, 0.15) is 48.3 Å². The van der Waals surface area contributed by atoms with Gasteiger partial charge in [-0.1, -0.05) is 31.4 Å². The lowest BCUT2D eigenvalue weighted by molar-refractivity contribution is 0.0600. The predicted octanol–water partition coefficient (Wildman–Crippen LogP) is 1.96. The van der Waals surface area contributed by atoms with E-state index in [1.165, 1.54) is 18.9 Å². The van der Waals surface area contributed by atoms with Gasteiger partial charge in [0.05, 0.1) is 25.5 Å². The molecule has 26 heavy (non-hydrogen) atoms. The average molecular weight is 359 g/mol. The number of aromatic nitrogens is 4. The third-order valence-electron chi connectivity index (χ3n) is 4.67. The highest BCUT2D eigenvalue weighted by Crippen LogP contribution is 2.37. The van der Waals surface area contributed by atoms with Gasteiger partial charge >= 0.3 is 12.1 Å². The molecule has 0 spiro atoms. The largest absolute Gasteiger partial charge is 0.465 e. The van der Waals surface area contributed by atoms with E-state index in [4.69, 9.17) is 9.47 Å². The first-order valence-corrected chi connectivity index (χ1v) is 8.44. The molecule has 9 heteroatoms. The van der Waals surface area contributed by atoms with Gasteiger partial charge in [-0.25, -0.2) is 9.59 Å². The van der Waals surface area contributed by atoms with Crippen LogP contribution in [0.15, 0.2) is 24.3 Å². The highest BCUT2D eigenvalue weighted by molar-refractivity contribution is 5.93. The SMILES string of the molecule is COC(=O)NC1(c2nnnn2-c2ccccc2C(=O)OC)CCCCC1. The van der Waals surface area contributed by atoms with Gasteiger partial charge in [-0.3, -0.25) is 0 Å². The van der Waals surface area contributed by atoms with Crippen LogP contribution in [0.2, 0.25) is 0 Å². The summed E-state index contributed by atoms with van der Waals surface area (Å²) in [4.78, 5) is 24.1. The zero-order valence-corrected chi connectivity index (χ0v) is 14.8. The Hall–Kier alpha value is -2.97. The average Bonchev–Trinajstić information content (AvgIpc) is 3.18. The minimum absolute atomic E-state index is 0.340. The van der Waals surface area contributed by atoms with E-state index in [1.807, 2.05) is 0 Å². The standard InChI is InChI=1S/C17H21N5O4/c1-25-14(23)12-8-4-5-9-13(12)22-15(19-20-21-22)17(18-16(24)26-2)10-6-3-7-11-17/h4-5,8-9H,3,6-7,10-11H2,1-2H3,(H,18,24). The second-order valence-corrected chi connectivity index (χ2v) is 6.18. The summed E-state index contributed by atoms with van der Waals surface area (Å²) in [7, 11) is 2.64. The van der Waals surface area contributed by atoms with Crippen LogP contribution in [-0.4, -0.2) is 46.5 Å². The van der Waals surface area contributed by atoms with E-state index in [2.05, 4.69) is 20.8 Å². The summed E-state index contributed by atoms with van der Waals surface area (Å²) in [5.41, 5.74) is 0.0847. The fourth-order valence-electron chi connectivity index (χ4n) is 3.39. The van der Waals surface area contributed by atoms with Crippen molar-refractivity contribution in [2.24, 2.45) is 0 Å². The monoisotopic (exact) mass is 359 g/mol. The molecule has 2 aromatic rings. The van der Waals surface area contributed by atoms with Gasteiger partial charge in [-0.15, -0.1) is 5.10 Å². The van der Waals surface area contributed by atoms with Crippen molar-refractivity contribution in [2.75, 3.05) is 14.2 Å². The zero-order valence-electron chi connectivity index (χ0n) is 14.8. The topological polar surface area (TPSA) is 108 Å². The number of para-hydroxylation sites is 1. The highest BCUT2D eigenvalue weighted by Gasteiger charge is 2.41. The summed E-state index contributed by atoms with van der Waals surface area (Å²) < 4.78 is 11.1. The molecule has 0 saturated heterocycles. The summed E-state index contributed by atoms with van der Waals surface area (Å²) in [6.45, 7) is 0. The fourth-order valence-corrected chi connectivity index (χ4v) is 3.39. The molecule has 0 unspecified atom stereocenters. The number of carbonyl (C=O) groups is 2. The smallest absolute Gasteiger partial charge is 0.407 e. The molecule has 1 heterocycles. The number of benzene rings is 1. The predicted molar refractivity (Wildman–Crippen MR) is 90.8 cm³/mol. The summed E-state index contributed by atoms with van der Waals surface area (Å²) >= 11 is 0. The molecule has 1 fully saturated rings. The number of ether oxygens (including phenoxy) is 2. The van der Waals surface area contributed by atoms with Crippen LogP contribution in [-0.2, 0) is 15.0 Å². The maximum atomic E-state index is 12.1. The van der Waals surface area contributed by atoms with Crippen molar-refractivity contribution in [3.05, 3.63) is 35.7 Å². The van der Waals surface area contributed by atoms with Gasteiger partial charge < -0.3 is 14.8 Å². The molecule has 0 radical (unpaired) electrons. The van der Waals surface area contributed by atoms with Gasteiger partial charge in [-0.05, 0) is 35.4 Å². The maximum Gasteiger partial charge on any atom is 0.407 e. The molecular formula is C17H21N5O4. The third kappa shape index (κ3) is 3.24. The molecule has 0 bridgehead atoms. The first-order chi connectivity index (χ1) is 12.6. The second kappa shape index (κ2) is 7.51. The minimum Gasteiger partial charge on any atom is -0.465 e. The van der Waals surface area contributed by atoms with E-state index >= 15 is 0 Å². The molecule has 1 saturated carbocycles. The third-order valence-corrected chi connectivity index (χ3v) is 4.67. The van der Waals surface area contributed by atoms with Gasteiger partial charge in [0.15, 0.2) is 5.82 Å². The zero-order chi connectivity index (χ0) is 18.6. The molecule has 1 aromatic heterocycles. The van der Waals surface area contributed by atoms with Crippen LogP contribution >= 0.6 is 0 Å². The van der Waals surface area contributed by atoms with Gasteiger partial charge in [0.1, 0.15) is 5.54 Å². The quantitative estimate of drug-likeness (QED) is 0.831. The van der Waals surface area contributed by atoms with Crippen molar-refractivity contribution >= 4 is 12.1 Å².